The first kappa shape index (κ1) is 8.75. The highest BCUT2D eigenvalue weighted by atomic mass is 19.3. The van der Waals surface area contributed by atoms with Crippen LogP contribution in [0.15, 0.2) is 0 Å². The lowest BCUT2D eigenvalue weighted by molar-refractivity contribution is -0.00858. The standard InChI is InChI=1S/C5H9F3O/c1-3(5(7)8)4(9)2-6/h3-5,9H,2H2,1H3. The van der Waals surface area contributed by atoms with Crippen LogP contribution in [0.4, 0.5) is 13.2 Å². The van der Waals surface area contributed by atoms with Gasteiger partial charge in [-0.2, -0.15) is 0 Å². The molecule has 0 bridgehead atoms. The molecule has 56 valence electrons. The molecular weight excluding hydrogens is 133 g/mol. The van der Waals surface area contributed by atoms with E-state index in [1.807, 2.05) is 0 Å². The zero-order valence-electron chi connectivity index (χ0n) is 5.02. The van der Waals surface area contributed by atoms with E-state index < -0.39 is 25.1 Å². The Morgan fingerprint density at radius 2 is 1.89 bits per heavy atom. The third-order valence-corrected chi connectivity index (χ3v) is 1.16. The van der Waals surface area contributed by atoms with E-state index in [0.29, 0.717) is 0 Å². The van der Waals surface area contributed by atoms with Gasteiger partial charge in [-0.1, -0.05) is 6.92 Å². The minimum atomic E-state index is -2.64. The highest BCUT2D eigenvalue weighted by Crippen LogP contribution is 2.13. The minimum Gasteiger partial charge on any atom is -0.390 e. The van der Waals surface area contributed by atoms with Gasteiger partial charge in [-0.15, -0.1) is 0 Å². The number of aliphatic hydroxyl groups is 1. The lowest BCUT2D eigenvalue weighted by Gasteiger charge is -2.13. The molecule has 0 saturated carbocycles. The SMILES string of the molecule is CC(C(F)F)C(O)CF. The zero-order valence-corrected chi connectivity index (χ0v) is 5.02. The number of hydrogen-bond donors (Lipinski definition) is 1. The van der Waals surface area contributed by atoms with E-state index in [4.69, 9.17) is 5.11 Å². The fourth-order valence-electron chi connectivity index (χ4n) is 0.308. The third-order valence-electron chi connectivity index (χ3n) is 1.16. The summed E-state index contributed by atoms with van der Waals surface area (Å²) in [4.78, 5) is 0. The van der Waals surface area contributed by atoms with Gasteiger partial charge in [-0.05, 0) is 0 Å². The van der Waals surface area contributed by atoms with E-state index in [1.165, 1.54) is 0 Å². The molecule has 4 heteroatoms. The molecule has 2 unspecified atom stereocenters. The molecule has 0 aromatic rings. The molecular formula is C5H9F3O. The molecule has 0 aromatic heterocycles. The maximum Gasteiger partial charge on any atom is 0.243 e. The van der Waals surface area contributed by atoms with E-state index >= 15 is 0 Å². The minimum absolute atomic E-state index is 1.11. The zero-order chi connectivity index (χ0) is 7.44. The summed E-state index contributed by atoms with van der Waals surface area (Å²) in [5, 5.41) is 8.44. The Kier molecular flexibility index (Phi) is 3.61. The number of alkyl halides is 3. The van der Waals surface area contributed by atoms with Crippen molar-refractivity contribution in [1.29, 1.82) is 0 Å². The summed E-state index contributed by atoms with van der Waals surface area (Å²) in [6, 6.07) is 0. The van der Waals surface area contributed by atoms with Crippen LogP contribution in [-0.4, -0.2) is 24.3 Å². The van der Waals surface area contributed by atoms with Crippen LogP contribution in [0.1, 0.15) is 6.92 Å². The number of hydrogen-bond acceptors (Lipinski definition) is 1. The molecule has 0 aliphatic carbocycles. The predicted molar refractivity (Wildman–Crippen MR) is 27.1 cm³/mol. The van der Waals surface area contributed by atoms with E-state index in [9.17, 15) is 13.2 Å². The van der Waals surface area contributed by atoms with Crippen LogP contribution in [0.2, 0.25) is 0 Å². The van der Waals surface area contributed by atoms with Gasteiger partial charge in [-0.3, -0.25) is 0 Å². The van der Waals surface area contributed by atoms with Gasteiger partial charge in [0.1, 0.15) is 6.67 Å². The van der Waals surface area contributed by atoms with Gasteiger partial charge in [0.15, 0.2) is 0 Å². The van der Waals surface area contributed by atoms with E-state index in [-0.39, 0.29) is 0 Å². The van der Waals surface area contributed by atoms with Crippen molar-refractivity contribution in [3.8, 4) is 0 Å². The molecule has 2 atom stereocenters. The molecule has 0 aliphatic heterocycles. The van der Waals surface area contributed by atoms with E-state index in [1.54, 1.807) is 0 Å². The van der Waals surface area contributed by atoms with Crippen LogP contribution in [0.25, 0.3) is 0 Å². The summed E-state index contributed by atoms with van der Waals surface area (Å²) in [5.41, 5.74) is 0. The van der Waals surface area contributed by atoms with Gasteiger partial charge < -0.3 is 5.11 Å². The summed E-state index contributed by atoms with van der Waals surface area (Å²) in [6.45, 7) is 0.000417. The molecule has 0 aromatic carbocycles. The smallest absolute Gasteiger partial charge is 0.243 e. The summed E-state index contributed by atoms with van der Waals surface area (Å²) in [5.74, 6) is -1.27. The third kappa shape index (κ3) is 2.70. The number of aliphatic hydroxyl groups excluding tert-OH is 1. The van der Waals surface area contributed by atoms with Crippen molar-refractivity contribution >= 4 is 0 Å². The normalized spacial score (nSPS) is 18.0. The van der Waals surface area contributed by atoms with Crippen molar-refractivity contribution in [1.82, 2.24) is 0 Å². The first-order chi connectivity index (χ1) is 4.09. The summed E-state index contributed by atoms with van der Waals surface area (Å²) < 4.78 is 34.5. The van der Waals surface area contributed by atoms with Crippen LogP contribution >= 0.6 is 0 Å². The second kappa shape index (κ2) is 3.71. The lowest BCUT2D eigenvalue weighted by atomic mass is 10.1. The lowest BCUT2D eigenvalue weighted by Crippen LogP contribution is -2.25. The molecule has 0 fully saturated rings. The van der Waals surface area contributed by atoms with Gasteiger partial charge in [-0.25, -0.2) is 13.2 Å². The molecule has 0 radical (unpaired) electrons. The van der Waals surface area contributed by atoms with Crippen LogP contribution < -0.4 is 0 Å². The number of halogens is 3. The highest BCUT2D eigenvalue weighted by Gasteiger charge is 2.22. The van der Waals surface area contributed by atoms with Gasteiger partial charge in [0.05, 0.1) is 6.10 Å². The Morgan fingerprint density at radius 1 is 1.44 bits per heavy atom. The molecule has 0 aliphatic rings. The Labute approximate surface area is 51.5 Å². The molecule has 0 saturated heterocycles. The second-order valence-corrected chi connectivity index (χ2v) is 1.92. The molecule has 0 heterocycles. The number of rotatable bonds is 3. The van der Waals surface area contributed by atoms with Crippen LogP contribution in [-0.2, 0) is 0 Å². The average Bonchev–Trinajstić information content (AvgIpc) is 1.84. The molecule has 1 N–H and O–H groups in total. The Hall–Kier alpha value is -0.250. The Morgan fingerprint density at radius 3 is 2.00 bits per heavy atom. The van der Waals surface area contributed by atoms with Crippen LogP contribution in [0, 0.1) is 5.92 Å². The van der Waals surface area contributed by atoms with Gasteiger partial charge >= 0.3 is 0 Å². The monoisotopic (exact) mass is 142 g/mol. The molecule has 0 spiro atoms. The van der Waals surface area contributed by atoms with Gasteiger partial charge in [0.25, 0.3) is 0 Å². The highest BCUT2D eigenvalue weighted by molar-refractivity contribution is 4.64. The van der Waals surface area contributed by atoms with Crippen LogP contribution in [0.5, 0.6) is 0 Å². The van der Waals surface area contributed by atoms with Crippen molar-refractivity contribution in [2.75, 3.05) is 6.67 Å². The summed E-state index contributed by atoms with van der Waals surface area (Å²) in [7, 11) is 0. The predicted octanol–water partition coefficient (Wildman–Crippen LogP) is 1.22. The van der Waals surface area contributed by atoms with Crippen LogP contribution in [0.3, 0.4) is 0 Å². The quantitative estimate of drug-likeness (QED) is 0.628. The Bertz CT molecular complexity index is 76.6. The Balaban J connectivity index is 3.58. The molecule has 0 amide bonds. The fourth-order valence-corrected chi connectivity index (χ4v) is 0.308. The molecule has 9 heavy (non-hydrogen) atoms. The van der Waals surface area contributed by atoms with E-state index in [0.717, 1.165) is 6.92 Å². The maximum absolute atomic E-state index is 11.5. The van der Waals surface area contributed by atoms with Gasteiger partial charge in [0, 0.05) is 5.92 Å². The molecule has 1 nitrogen and oxygen atoms in total. The maximum atomic E-state index is 11.5. The summed E-state index contributed by atoms with van der Waals surface area (Å²) >= 11 is 0. The average molecular weight is 142 g/mol. The van der Waals surface area contributed by atoms with Gasteiger partial charge in [0.2, 0.25) is 6.43 Å². The largest absolute Gasteiger partial charge is 0.390 e. The first-order valence-corrected chi connectivity index (χ1v) is 2.61. The van der Waals surface area contributed by atoms with Crippen molar-refractivity contribution in [3.05, 3.63) is 0 Å². The first-order valence-electron chi connectivity index (χ1n) is 2.61. The summed E-state index contributed by atoms with van der Waals surface area (Å²) in [6.07, 6.45) is -4.17. The topological polar surface area (TPSA) is 20.2 Å². The van der Waals surface area contributed by atoms with Crippen molar-refractivity contribution in [2.45, 2.75) is 19.5 Å². The van der Waals surface area contributed by atoms with Crippen molar-refractivity contribution in [2.24, 2.45) is 5.92 Å². The van der Waals surface area contributed by atoms with E-state index in [2.05, 4.69) is 0 Å². The van der Waals surface area contributed by atoms with Crippen molar-refractivity contribution in [3.63, 3.8) is 0 Å². The molecule has 0 rings (SSSR count). The van der Waals surface area contributed by atoms with Crippen molar-refractivity contribution < 1.29 is 18.3 Å². The second-order valence-electron chi connectivity index (χ2n) is 1.92. The fraction of sp³-hybridized carbons (Fsp3) is 1.00.